The van der Waals surface area contributed by atoms with Gasteiger partial charge in [-0.2, -0.15) is 0 Å². The van der Waals surface area contributed by atoms with Crippen LogP contribution in [0.2, 0.25) is 0 Å². The van der Waals surface area contributed by atoms with E-state index in [4.69, 9.17) is 5.73 Å². The predicted octanol–water partition coefficient (Wildman–Crippen LogP) is 4.28. The summed E-state index contributed by atoms with van der Waals surface area (Å²) in [6.07, 6.45) is 0. The van der Waals surface area contributed by atoms with Crippen molar-refractivity contribution in [1.29, 1.82) is 0 Å². The molecule has 0 spiro atoms. The maximum Gasteiger partial charge on any atom is 0.171 e. The van der Waals surface area contributed by atoms with Gasteiger partial charge in [0.1, 0.15) is 5.82 Å². The first-order valence-corrected chi connectivity index (χ1v) is 7.81. The van der Waals surface area contributed by atoms with E-state index in [-0.39, 0.29) is 0 Å². The molecule has 0 fully saturated rings. The molecule has 2 N–H and O–H groups in total. The van der Waals surface area contributed by atoms with E-state index in [0.717, 1.165) is 18.6 Å². The quantitative estimate of drug-likeness (QED) is 0.733. The Kier molecular flexibility index (Phi) is 4.04. The molecule has 2 rings (SSSR count). The average Bonchev–Trinajstić information content (AvgIpc) is 2.68. The van der Waals surface area contributed by atoms with Gasteiger partial charge in [-0.15, -0.1) is 11.3 Å². The molecule has 0 saturated carbocycles. The average molecular weight is 424 g/mol. The van der Waals surface area contributed by atoms with Gasteiger partial charge in [-0.3, -0.25) is 0 Å². The van der Waals surface area contributed by atoms with Crippen LogP contribution in [0.3, 0.4) is 0 Å². The minimum Gasteiger partial charge on any atom is -0.383 e. The summed E-state index contributed by atoms with van der Waals surface area (Å²) in [4.78, 5) is 9.98. The summed E-state index contributed by atoms with van der Waals surface area (Å²) in [5.41, 5.74) is 6.95. The third-order valence-corrected chi connectivity index (χ3v) is 5.03. The first kappa shape index (κ1) is 13.2. The van der Waals surface area contributed by atoms with E-state index in [0.29, 0.717) is 17.6 Å². The van der Waals surface area contributed by atoms with E-state index >= 15 is 0 Å². The highest BCUT2D eigenvalue weighted by atomic mass is 127. The molecule has 90 valence electrons. The Morgan fingerprint density at radius 3 is 2.65 bits per heavy atom. The van der Waals surface area contributed by atoms with Crippen molar-refractivity contribution < 1.29 is 0 Å². The highest BCUT2D eigenvalue weighted by Gasteiger charge is 2.14. The second kappa shape index (κ2) is 5.19. The zero-order valence-electron chi connectivity index (χ0n) is 9.37. The Labute approximate surface area is 126 Å². The maximum atomic E-state index is 5.94. The molecular weight excluding hydrogens is 413 g/mol. The molecule has 0 aliphatic rings. The zero-order chi connectivity index (χ0) is 12.6. The molecule has 0 radical (unpaired) electrons. The summed E-state index contributed by atoms with van der Waals surface area (Å²) >= 11 is 7.25. The number of rotatable bonds is 2. The summed E-state index contributed by atoms with van der Waals surface area (Å²) in [5.74, 6) is 1.61. The normalized spacial score (nSPS) is 11.1. The lowest BCUT2D eigenvalue weighted by Crippen LogP contribution is -2.05. The lowest BCUT2D eigenvalue weighted by Gasteiger charge is -2.10. The molecule has 0 bridgehead atoms. The van der Waals surface area contributed by atoms with E-state index in [2.05, 4.69) is 62.3 Å². The molecule has 2 aromatic rings. The third-order valence-electron chi connectivity index (χ3n) is 2.24. The van der Waals surface area contributed by atoms with E-state index in [1.807, 2.05) is 11.4 Å². The topological polar surface area (TPSA) is 51.8 Å². The highest BCUT2D eigenvalue weighted by Crippen LogP contribution is 2.31. The van der Waals surface area contributed by atoms with Gasteiger partial charge in [0.2, 0.25) is 0 Å². The Morgan fingerprint density at radius 2 is 2.12 bits per heavy atom. The van der Waals surface area contributed by atoms with Crippen LogP contribution in [0.4, 0.5) is 5.82 Å². The Morgan fingerprint density at radius 1 is 1.41 bits per heavy atom. The number of thiophene rings is 1. The van der Waals surface area contributed by atoms with Gasteiger partial charge in [-0.05, 0) is 50.5 Å². The fourth-order valence-corrected chi connectivity index (χ4v) is 3.63. The first-order valence-electron chi connectivity index (χ1n) is 5.06. The lowest BCUT2D eigenvalue weighted by molar-refractivity contribution is 0.810. The molecule has 0 saturated heterocycles. The molecule has 0 unspecified atom stereocenters. The molecule has 17 heavy (non-hydrogen) atoms. The monoisotopic (exact) mass is 423 g/mol. The van der Waals surface area contributed by atoms with Crippen LogP contribution in [-0.2, 0) is 0 Å². The van der Waals surface area contributed by atoms with Crippen LogP contribution >= 0.6 is 49.9 Å². The van der Waals surface area contributed by atoms with Crippen LogP contribution in [0, 0.1) is 3.57 Å². The number of anilines is 1. The van der Waals surface area contributed by atoms with Gasteiger partial charge >= 0.3 is 0 Å². The Balaban J connectivity index is 2.56. The van der Waals surface area contributed by atoms with Crippen molar-refractivity contribution >= 4 is 55.7 Å². The fourth-order valence-electron chi connectivity index (χ4n) is 1.41. The second-order valence-electron chi connectivity index (χ2n) is 3.92. The van der Waals surface area contributed by atoms with Gasteiger partial charge in [0.05, 0.1) is 14.1 Å². The van der Waals surface area contributed by atoms with E-state index in [9.17, 15) is 0 Å². The number of nitrogens with zero attached hydrogens (tertiary/aromatic N) is 2. The van der Waals surface area contributed by atoms with Crippen molar-refractivity contribution in [3.8, 4) is 10.7 Å². The number of hydrogen-bond donors (Lipinski definition) is 1. The van der Waals surface area contributed by atoms with Crippen LogP contribution in [0.5, 0.6) is 0 Å². The minimum absolute atomic E-state index is 0.342. The molecular formula is C11H11BrIN3S. The van der Waals surface area contributed by atoms with Crippen molar-refractivity contribution in [1.82, 2.24) is 9.97 Å². The summed E-state index contributed by atoms with van der Waals surface area (Å²) in [5, 5.41) is 2.02. The predicted molar refractivity (Wildman–Crippen MR) is 84.3 cm³/mol. The van der Waals surface area contributed by atoms with Crippen LogP contribution in [0.15, 0.2) is 15.9 Å². The first-order chi connectivity index (χ1) is 7.99. The van der Waals surface area contributed by atoms with Gasteiger partial charge in [0.15, 0.2) is 5.82 Å². The molecule has 2 heterocycles. The smallest absolute Gasteiger partial charge is 0.171 e. The summed E-state index contributed by atoms with van der Waals surface area (Å²) < 4.78 is 2.00. The van der Waals surface area contributed by atoms with Gasteiger partial charge in [-0.25, -0.2) is 9.97 Å². The van der Waals surface area contributed by atoms with Crippen LogP contribution < -0.4 is 5.73 Å². The van der Waals surface area contributed by atoms with Crippen molar-refractivity contribution in [2.45, 2.75) is 19.8 Å². The van der Waals surface area contributed by atoms with Gasteiger partial charge in [0.25, 0.3) is 0 Å². The summed E-state index contributed by atoms with van der Waals surface area (Å²) in [6.45, 7) is 4.22. The lowest BCUT2D eigenvalue weighted by atomic mass is 10.1. The number of aromatic nitrogens is 2. The Bertz CT molecular complexity index is 554. The summed E-state index contributed by atoms with van der Waals surface area (Å²) in [7, 11) is 0. The molecule has 2 aromatic heterocycles. The van der Waals surface area contributed by atoms with Crippen molar-refractivity contribution in [2.75, 3.05) is 5.73 Å². The van der Waals surface area contributed by atoms with Crippen LogP contribution in [0.1, 0.15) is 25.5 Å². The van der Waals surface area contributed by atoms with E-state index in [1.54, 1.807) is 11.3 Å². The summed E-state index contributed by atoms with van der Waals surface area (Å²) in [6, 6.07) is 2.01. The second-order valence-corrected chi connectivity index (χ2v) is 6.82. The molecule has 0 aliphatic carbocycles. The molecule has 0 amide bonds. The standard InChI is InChI=1S/C11H11BrIN3S/c1-5(2)9-8(13)10(14)16-11(15-9)7-3-6(12)4-17-7/h3-5H,1-2H3,(H2,14,15,16). The van der Waals surface area contributed by atoms with Crippen molar-refractivity contribution in [3.05, 3.63) is 25.2 Å². The molecule has 0 aromatic carbocycles. The molecule has 3 nitrogen and oxygen atoms in total. The van der Waals surface area contributed by atoms with E-state index in [1.165, 1.54) is 0 Å². The van der Waals surface area contributed by atoms with Gasteiger partial charge in [0, 0.05) is 9.85 Å². The number of halogens is 2. The van der Waals surface area contributed by atoms with Gasteiger partial charge in [-0.1, -0.05) is 13.8 Å². The maximum absolute atomic E-state index is 5.94. The van der Waals surface area contributed by atoms with Crippen LogP contribution in [-0.4, -0.2) is 9.97 Å². The fraction of sp³-hybridized carbons (Fsp3) is 0.273. The third kappa shape index (κ3) is 2.79. The molecule has 6 heteroatoms. The van der Waals surface area contributed by atoms with Crippen molar-refractivity contribution in [2.24, 2.45) is 0 Å². The minimum atomic E-state index is 0.342. The van der Waals surface area contributed by atoms with Crippen LogP contribution in [0.25, 0.3) is 10.7 Å². The van der Waals surface area contributed by atoms with Gasteiger partial charge < -0.3 is 5.73 Å². The SMILES string of the molecule is CC(C)c1nc(-c2cc(Br)cs2)nc(N)c1I. The molecule has 0 atom stereocenters. The number of nitrogen functional groups attached to an aromatic ring is 1. The molecule has 0 aliphatic heterocycles. The zero-order valence-corrected chi connectivity index (χ0v) is 13.9. The highest BCUT2D eigenvalue weighted by molar-refractivity contribution is 14.1. The number of hydrogen-bond acceptors (Lipinski definition) is 4. The van der Waals surface area contributed by atoms with E-state index < -0.39 is 0 Å². The number of nitrogens with two attached hydrogens (primary N) is 1. The van der Waals surface area contributed by atoms with Crippen molar-refractivity contribution in [3.63, 3.8) is 0 Å². The Hall–Kier alpha value is -0.210. The largest absolute Gasteiger partial charge is 0.383 e.